The van der Waals surface area contributed by atoms with Gasteiger partial charge in [-0.15, -0.1) is 0 Å². The van der Waals surface area contributed by atoms with E-state index in [9.17, 15) is 0 Å². The lowest BCUT2D eigenvalue weighted by atomic mass is 10.4. The maximum atomic E-state index is 5.49. The van der Waals surface area contributed by atoms with Crippen molar-refractivity contribution in [3.8, 4) is 0 Å². The molecule has 0 aliphatic carbocycles. The van der Waals surface area contributed by atoms with Crippen molar-refractivity contribution >= 4 is 11.6 Å². The minimum atomic E-state index is 0.565. The molecule has 0 aliphatic heterocycles. The SMILES string of the molecule is Cc1ccc(Cl)[c]n1. The molecule has 1 aromatic rings. The van der Waals surface area contributed by atoms with E-state index >= 15 is 0 Å². The molecule has 1 aromatic heterocycles. The summed E-state index contributed by atoms with van der Waals surface area (Å²) < 4.78 is 0. The highest BCUT2D eigenvalue weighted by Crippen LogP contribution is 2.03. The van der Waals surface area contributed by atoms with Gasteiger partial charge in [0.05, 0.1) is 5.02 Å². The number of hydrogen-bond donors (Lipinski definition) is 0. The van der Waals surface area contributed by atoms with Crippen molar-refractivity contribution in [2.75, 3.05) is 0 Å². The Labute approximate surface area is 53.3 Å². The Morgan fingerprint density at radius 3 is 2.75 bits per heavy atom. The van der Waals surface area contributed by atoms with E-state index in [1.54, 1.807) is 6.07 Å². The van der Waals surface area contributed by atoms with Crippen LogP contribution in [0.1, 0.15) is 5.69 Å². The lowest BCUT2D eigenvalue weighted by Gasteiger charge is -1.86. The third kappa shape index (κ3) is 1.20. The Kier molecular flexibility index (Phi) is 1.49. The summed E-state index contributed by atoms with van der Waals surface area (Å²) in [4.78, 5) is 3.82. The van der Waals surface area contributed by atoms with Crippen LogP contribution in [0.4, 0.5) is 0 Å². The molecular formula is C6H5ClN. The van der Waals surface area contributed by atoms with Gasteiger partial charge in [-0.05, 0) is 19.1 Å². The molecule has 1 heterocycles. The lowest BCUT2D eigenvalue weighted by molar-refractivity contribution is 1.19. The van der Waals surface area contributed by atoms with Crippen molar-refractivity contribution in [2.24, 2.45) is 0 Å². The second-order valence-electron chi connectivity index (χ2n) is 1.55. The molecule has 0 saturated carbocycles. The first-order valence-corrected chi connectivity index (χ1v) is 2.67. The Bertz CT molecular complexity index is 147. The summed E-state index contributed by atoms with van der Waals surface area (Å²) in [6, 6.07) is 3.61. The molecule has 0 atom stereocenters. The van der Waals surface area contributed by atoms with Crippen LogP contribution in [0.25, 0.3) is 0 Å². The molecular weight excluding hydrogens is 122 g/mol. The summed E-state index contributed by atoms with van der Waals surface area (Å²) in [5.41, 5.74) is 0.939. The monoisotopic (exact) mass is 126 g/mol. The summed E-state index contributed by atoms with van der Waals surface area (Å²) in [6.07, 6.45) is 2.61. The third-order valence-electron chi connectivity index (χ3n) is 0.810. The van der Waals surface area contributed by atoms with Gasteiger partial charge in [0.25, 0.3) is 0 Å². The van der Waals surface area contributed by atoms with Gasteiger partial charge in [0.2, 0.25) is 0 Å². The second-order valence-corrected chi connectivity index (χ2v) is 1.95. The van der Waals surface area contributed by atoms with Crippen LogP contribution in [0.2, 0.25) is 5.02 Å². The fourth-order valence-electron chi connectivity index (χ4n) is 0.410. The van der Waals surface area contributed by atoms with Gasteiger partial charge in [-0.25, -0.2) is 4.98 Å². The molecule has 1 radical (unpaired) electrons. The predicted molar refractivity (Wildman–Crippen MR) is 32.8 cm³/mol. The van der Waals surface area contributed by atoms with Gasteiger partial charge < -0.3 is 0 Å². The first kappa shape index (κ1) is 5.57. The molecule has 0 spiro atoms. The Hall–Kier alpha value is -0.560. The Morgan fingerprint density at radius 1 is 1.62 bits per heavy atom. The molecule has 0 N–H and O–H groups in total. The third-order valence-corrected chi connectivity index (χ3v) is 1.02. The van der Waals surface area contributed by atoms with Crippen molar-refractivity contribution in [2.45, 2.75) is 6.92 Å². The molecule has 0 aromatic carbocycles. The van der Waals surface area contributed by atoms with E-state index in [2.05, 4.69) is 11.2 Å². The summed E-state index contributed by atoms with van der Waals surface area (Å²) in [5.74, 6) is 0. The minimum Gasteiger partial charge on any atom is -0.250 e. The van der Waals surface area contributed by atoms with Gasteiger partial charge in [0.1, 0.15) is 6.20 Å². The van der Waals surface area contributed by atoms with Crippen molar-refractivity contribution in [1.82, 2.24) is 4.98 Å². The van der Waals surface area contributed by atoms with Gasteiger partial charge in [-0.2, -0.15) is 0 Å². The lowest BCUT2D eigenvalue weighted by Crippen LogP contribution is -1.76. The Balaban J connectivity index is 3.03. The predicted octanol–water partition coefficient (Wildman–Crippen LogP) is 1.84. The number of halogens is 1. The van der Waals surface area contributed by atoms with E-state index in [0.717, 1.165) is 5.69 Å². The van der Waals surface area contributed by atoms with Crippen molar-refractivity contribution in [3.63, 3.8) is 0 Å². The van der Waals surface area contributed by atoms with Crippen LogP contribution in [0.5, 0.6) is 0 Å². The number of rotatable bonds is 0. The zero-order valence-corrected chi connectivity index (χ0v) is 5.24. The van der Waals surface area contributed by atoms with Crippen LogP contribution in [0, 0.1) is 13.1 Å². The van der Waals surface area contributed by atoms with Crippen molar-refractivity contribution in [3.05, 3.63) is 29.0 Å². The number of hydrogen-bond acceptors (Lipinski definition) is 1. The topological polar surface area (TPSA) is 12.9 Å². The maximum absolute atomic E-state index is 5.49. The highest BCUT2D eigenvalue weighted by molar-refractivity contribution is 6.30. The zero-order valence-electron chi connectivity index (χ0n) is 4.48. The average Bonchev–Trinajstić information content (AvgIpc) is 1.77. The average molecular weight is 127 g/mol. The van der Waals surface area contributed by atoms with Crippen LogP contribution in [-0.4, -0.2) is 4.98 Å². The molecule has 0 aliphatic rings. The first-order chi connectivity index (χ1) is 3.79. The number of aromatic nitrogens is 1. The number of nitrogens with zero attached hydrogens (tertiary/aromatic N) is 1. The molecule has 0 bridgehead atoms. The number of pyridine rings is 1. The van der Waals surface area contributed by atoms with Crippen LogP contribution in [0.3, 0.4) is 0 Å². The van der Waals surface area contributed by atoms with Gasteiger partial charge >= 0.3 is 0 Å². The maximum Gasteiger partial charge on any atom is 0.109 e. The Morgan fingerprint density at radius 2 is 2.38 bits per heavy atom. The van der Waals surface area contributed by atoms with Crippen LogP contribution in [0.15, 0.2) is 12.1 Å². The van der Waals surface area contributed by atoms with E-state index in [1.807, 2.05) is 13.0 Å². The molecule has 8 heavy (non-hydrogen) atoms. The fraction of sp³-hybridized carbons (Fsp3) is 0.167. The van der Waals surface area contributed by atoms with E-state index in [1.165, 1.54) is 0 Å². The molecule has 0 amide bonds. The van der Waals surface area contributed by atoms with Crippen molar-refractivity contribution in [1.29, 1.82) is 0 Å². The molecule has 2 heteroatoms. The molecule has 0 fully saturated rings. The van der Waals surface area contributed by atoms with Crippen LogP contribution >= 0.6 is 11.6 Å². The highest BCUT2D eigenvalue weighted by Gasteiger charge is 1.84. The summed E-state index contributed by atoms with van der Waals surface area (Å²) in [6.45, 7) is 1.90. The molecule has 41 valence electrons. The standard InChI is InChI=1S/C6H5ClN/c1-5-2-3-6(7)4-8-5/h2-3H,1H3. The van der Waals surface area contributed by atoms with E-state index in [4.69, 9.17) is 11.6 Å². The largest absolute Gasteiger partial charge is 0.250 e. The molecule has 1 nitrogen and oxygen atoms in total. The van der Waals surface area contributed by atoms with E-state index in [0.29, 0.717) is 5.02 Å². The van der Waals surface area contributed by atoms with Gasteiger partial charge in [-0.1, -0.05) is 11.6 Å². The summed E-state index contributed by atoms with van der Waals surface area (Å²) in [5, 5.41) is 0.565. The van der Waals surface area contributed by atoms with Gasteiger partial charge in [0, 0.05) is 5.69 Å². The first-order valence-electron chi connectivity index (χ1n) is 2.30. The minimum absolute atomic E-state index is 0.565. The van der Waals surface area contributed by atoms with Gasteiger partial charge in [-0.3, -0.25) is 0 Å². The van der Waals surface area contributed by atoms with E-state index < -0.39 is 0 Å². The van der Waals surface area contributed by atoms with Crippen LogP contribution in [-0.2, 0) is 0 Å². The normalized spacial score (nSPS) is 9.25. The number of aryl methyl sites for hydroxylation is 1. The molecule has 1 rings (SSSR count). The second kappa shape index (κ2) is 2.14. The summed E-state index contributed by atoms with van der Waals surface area (Å²) in [7, 11) is 0. The molecule has 0 saturated heterocycles. The van der Waals surface area contributed by atoms with Crippen LogP contribution < -0.4 is 0 Å². The smallest absolute Gasteiger partial charge is 0.109 e. The molecule has 0 unspecified atom stereocenters. The fourth-order valence-corrected chi connectivity index (χ4v) is 0.515. The quantitative estimate of drug-likeness (QED) is 0.517. The summed E-state index contributed by atoms with van der Waals surface area (Å²) >= 11 is 5.49. The van der Waals surface area contributed by atoms with Crippen molar-refractivity contribution < 1.29 is 0 Å². The highest BCUT2D eigenvalue weighted by atomic mass is 35.5. The zero-order chi connectivity index (χ0) is 5.98. The van der Waals surface area contributed by atoms with Gasteiger partial charge in [0.15, 0.2) is 0 Å². The van der Waals surface area contributed by atoms with E-state index in [-0.39, 0.29) is 0 Å².